The van der Waals surface area contributed by atoms with E-state index in [1.165, 1.54) is 5.56 Å². The Bertz CT molecular complexity index is 401. The summed E-state index contributed by atoms with van der Waals surface area (Å²) < 4.78 is 0. The lowest BCUT2D eigenvalue weighted by molar-refractivity contribution is -0.122. The van der Waals surface area contributed by atoms with Crippen molar-refractivity contribution in [2.75, 3.05) is 0 Å². The summed E-state index contributed by atoms with van der Waals surface area (Å²) in [6.07, 6.45) is 2.15. The highest BCUT2D eigenvalue weighted by molar-refractivity contribution is 5.82. The average Bonchev–Trinajstić information content (AvgIpc) is 2.29. The smallest absolute Gasteiger partial charge is 0.237 e. The van der Waals surface area contributed by atoms with Crippen molar-refractivity contribution >= 4 is 5.91 Å². The molecule has 0 spiro atoms. The molecular formula is C14H20N2O. The lowest BCUT2D eigenvalue weighted by Gasteiger charge is -2.17. The van der Waals surface area contributed by atoms with Gasteiger partial charge in [0, 0.05) is 0 Å². The van der Waals surface area contributed by atoms with E-state index in [1.807, 2.05) is 32.0 Å². The van der Waals surface area contributed by atoms with Crippen molar-refractivity contribution in [3.8, 4) is 0 Å². The number of carbonyl (C=O) groups excluding carboxylic acids is 1. The average molecular weight is 232 g/mol. The molecule has 0 fully saturated rings. The number of rotatable bonds is 5. The fourth-order valence-electron chi connectivity index (χ4n) is 1.63. The maximum Gasteiger partial charge on any atom is 0.237 e. The first-order valence-electron chi connectivity index (χ1n) is 5.78. The monoisotopic (exact) mass is 232 g/mol. The summed E-state index contributed by atoms with van der Waals surface area (Å²) in [6.45, 7) is 7.55. The topological polar surface area (TPSA) is 55.1 Å². The van der Waals surface area contributed by atoms with Crippen LogP contribution in [0.1, 0.15) is 30.5 Å². The number of aryl methyl sites for hydroxylation is 1. The maximum atomic E-state index is 11.7. The van der Waals surface area contributed by atoms with Gasteiger partial charge in [0.05, 0.1) is 12.1 Å². The van der Waals surface area contributed by atoms with Gasteiger partial charge < -0.3 is 11.1 Å². The highest BCUT2D eigenvalue weighted by Gasteiger charge is 2.15. The van der Waals surface area contributed by atoms with Crippen LogP contribution in [0.5, 0.6) is 0 Å². The van der Waals surface area contributed by atoms with Crippen LogP contribution in [0.25, 0.3) is 0 Å². The molecule has 0 aliphatic carbocycles. The van der Waals surface area contributed by atoms with Gasteiger partial charge in [0.2, 0.25) is 5.91 Å². The van der Waals surface area contributed by atoms with E-state index in [2.05, 4.69) is 18.0 Å². The van der Waals surface area contributed by atoms with E-state index in [0.29, 0.717) is 6.42 Å². The molecule has 1 rings (SSSR count). The Morgan fingerprint density at radius 3 is 2.88 bits per heavy atom. The first-order chi connectivity index (χ1) is 8.04. The van der Waals surface area contributed by atoms with Crippen molar-refractivity contribution in [3.63, 3.8) is 0 Å². The lowest BCUT2D eigenvalue weighted by Crippen LogP contribution is -2.41. The van der Waals surface area contributed by atoms with E-state index in [1.54, 1.807) is 6.08 Å². The number of hydrogen-bond donors (Lipinski definition) is 2. The summed E-state index contributed by atoms with van der Waals surface area (Å²) in [6, 6.07) is 7.53. The zero-order chi connectivity index (χ0) is 12.8. The zero-order valence-corrected chi connectivity index (χ0v) is 10.4. The Morgan fingerprint density at radius 1 is 1.59 bits per heavy atom. The van der Waals surface area contributed by atoms with E-state index in [4.69, 9.17) is 5.73 Å². The molecule has 0 aliphatic heterocycles. The maximum absolute atomic E-state index is 11.7. The molecule has 3 nitrogen and oxygen atoms in total. The molecule has 1 unspecified atom stereocenters. The Balaban J connectivity index is 2.63. The molecule has 0 aromatic heterocycles. The number of carbonyl (C=O) groups is 1. The number of hydrogen-bond acceptors (Lipinski definition) is 2. The molecule has 0 bridgehead atoms. The van der Waals surface area contributed by atoms with E-state index >= 15 is 0 Å². The van der Waals surface area contributed by atoms with Crippen LogP contribution < -0.4 is 11.1 Å². The van der Waals surface area contributed by atoms with Crippen LogP contribution in [-0.2, 0) is 4.79 Å². The molecule has 0 saturated heterocycles. The standard InChI is InChI=1S/C14H20N2O/c1-4-6-13(15)14(17)16-11(3)12-8-5-7-10(2)9-12/h4-5,7-9,11,13H,1,6,15H2,2-3H3,(H,16,17)/t11-,13?/m0/s1. The Kier molecular flexibility index (Phi) is 4.91. The summed E-state index contributed by atoms with van der Waals surface area (Å²) in [7, 11) is 0. The van der Waals surface area contributed by atoms with E-state index < -0.39 is 6.04 Å². The van der Waals surface area contributed by atoms with Crippen molar-refractivity contribution in [2.24, 2.45) is 5.73 Å². The number of amides is 1. The quantitative estimate of drug-likeness (QED) is 0.764. The largest absolute Gasteiger partial charge is 0.348 e. The van der Waals surface area contributed by atoms with Crippen LogP contribution in [0, 0.1) is 6.92 Å². The molecule has 1 aromatic rings. The van der Waals surface area contributed by atoms with Gasteiger partial charge >= 0.3 is 0 Å². The van der Waals surface area contributed by atoms with E-state index in [9.17, 15) is 4.79 Å². The summed E-state index contributed by atoms with van der Waals surface area (Å²) in [5.74, 6) is -0.140. The molecule has 0 saturated carbocycles. The van der Waals surface area contributed by atoms with Crippen LogP contribution in [0.4, 0.5) is 0 Å². The normalized spacial score (nSPS) is 13.8. The van der Waals surface area contributed by atoms with Gasteiger partial charge in [-0.25, -0.2) is 0 Å². The summed E-state index contributed by atoms with van der Waals surface area (Å²) in [4.78, 5) is 11.7. The number of benzene rings is 1. The van der Waals surface area contributed by atoms with Gasteiger partial charge in [-0.15, -0.1) is 6.58 Å². The lowest BCUT2D eigenvalue weighted by atomic mass is 10.1. The third kappa shape index (κ3) is 4.04. The van der Waals surface area contributed by atoms with Crippen molar-refractivity contribution < 1.29 is 4.79 Å². The second-order valence-corrected chi connectivity index (χ2v) is 4.28. The van der Waals surface area contributed by atoms with Crippen LogP contribution in [0.15, 0.2) is 36.9 Å². The predicted octanol–water partition coefficient (Wildman–Crippen LogP) is 2.08. The minimum absolute atomic E-state index is 0.0294. The molecule has 1 amide bonds. The van der Waals surface area contributed by atoms with Gasteiger partial charge in [0.1, 0.15) is 0 Å². The van der Waals surface area contributed by atoms with Gasteiger partial charge in [-0.2, -0.15) is 0 Å². The third-order valence-corrected chi connectivity index (χ3v) is 2.66. The van der Waals surface area contributed by atoms with Crippen molar-refractivity contribution in [1.82, 2.24) is 5.32 Å². The zero-order valence-electron chi connectivity index (χ0n) is 10.4. The summed E-state index contributed by atoms with van der Waals surface area (Å²) in [5, 5.41) is 2.90. The van der Waals surface area contributed by atoms with Crippen molar-refractivity contribution in [2.45, 2.75) is 32.4 Å². The number of nitrogens with one attached hydrogen (secondary N) is 1. The van der Waals surface area contributed by atoms with Crippen molar-refractivity contribution in [1.29, 1.82) is 0 Å². The molecule has 17 heavy (non-hydrogen) atoms. The SMILES string of the molecule is C=CCC(N)C(=O)N[C@@H](C)c1cccc(C)c1. The molecule has 2 atom stereocenters. The summed E-state index contributed by atoms with van der Waals surface area (Å²) in [5.41, 5.74) is 7.97. The molecule has 1 aromatic carbocycles. The third-order valence-electron chi connectivity index (χ3n) is 2.66. The van der Waals surface area contributed by atoms with Gasteiger partial charge in [-0.1, -0.05) is 35.9 Å². The Labute approximate surface area is 103 Å². The fraction of sp³-hybridized carbons (Fsp3) is 0.357. The van der Waals surface area contributed by atoms with Crippen LogP contribution in [0.2, 0.25) is 0 Å². The van der Waals surface area contributed by atoms with E-state index in [-0.39, 0.29) is 11.9 Å². The second kappa shape index (κ2) is 6.21. The summed E-state index contributed by atoms with van der Waals surface area (Å²) >= 11 is 0. The minimum Gasteiger partial charge on any atom is -0.348 e. The fourth-order valence-corrected chi connectivity index (χ4v) is 1.63. The first-order valence-corrected chi connectivity index (χ1v) is 5.78. The molecule has 0 radical (unpaired) electrons. The second-order valence-electron chi connectivity index (χ2n) is 4.28. The van der Waals surface area contributed by atoms with Crippen LogP contribution >= 0.6 is 0 Å². The van der Waals surface area contributed by atoms with Crippen LogP contribution in [0.3, 0.4) is 0 Å². The number of nitrogens with two attached hydrogens (primary N) is 1. The van der Waals surface area contributed by atoms with Gasteiger partial charge in [-0.3, -0.25) is 4.79 Å². The minimum atomic E-state index is -0.514. The molecule has 3 heteroatoms. The predicted molar refractivity (Wildman–Crippen MR) is 70.5 cm³/mol. The molecule has 0 heterocycles. The Hall–Kier alpha value is -1.61. The first kappa shape index (κ1) is 13.5. The molecule has 0 aliphatic rings. The highest BCUT2D eigenvalue weighted by atomic mass is 16.2. The molecule has 92 valence electrons. The van der Waals surface area contributed by atoms with Gasteiger partial charge in [-0.05, 0) is 25.8 Å². The molecule has 3 N–H and O–H groups in total. The Morgan fingerprint density at radius 2 is 2.29 bits per heavy atom. The van der Waals surface area contributed by atoms with Crippen LogP contribution in [-0.4, -0.2) is 11.9 Å². The highest BCUT2D eigenvalue weighted by Crippen LogP contribution is 2.13. The van der Waals surface area contributed by atoms with Gasteiger partial charge in [0.25, 0.3) is 0 Å². The van der Waals surface area contributed by atoms with Crippen molar-refractivity contribution in [3.05, 3.63) is 48.0 Å². The van der Waals surface area contributed by atoms with Gasteiger partial charge in [0.15, 0.2) is 0 Å². The van der Waals surface area contributed by atoms with E-state index in [0.717, 1.165) is 5.56 Å². The molecular weight excluding hydrogens is 212 g/mol.